The van der Waals surface area contributed by atoms with E-state index in [0.717, 1.165) is 34.8 Å². The molecule has 0 radical (unpaired) electrons. The average molecular weight is 257 g/mol. The minimum absolute atomic E-state index is 0.637. The Hall–Kier alpha value is -2.37. The molecule has 0 fully saturated rings. The maximum Gasteiger partial charge on any atom is 0.195 e. The molecule has 0 saturated carbocycles. The van der Waals surface area contributed by atoms with Crippen LogP contribution >= 0.6 is 0 Å². The summed E-state index contributed by atoms with van der Waals surface area (Å²) >= 11 is 0. The monoisotopic (exact) mass is 257 g/mol. The first kappa shape index (κ1) is 11.7. The topological polar surface area (TPSA) is 68.8 Å². The third kappa shape index (κ3) is 2.42. The second-order valence-electron chi connectivity index (χ2n) is 4.38. The van der Waals surface area contributed by atoms with E-state index in [9.17, 15) is 0 Å². The molecule has 98 valence electrons. The Bertz CT molecular complexity index is 700. The van der Waals surface area contributed by atoms with Crippen LogP contribution in [0.3, 0.4) is 0 Å². The van der Waals surface area contributed by atoms with Gasteiger partial charge in [0.2, 0.25) is 0 Å². The zero-order chi connectivity index (χ0) is 13.2. The molecular weight excluding hydrogens is 242 g/mol. The summed E-state index contributed by atoms with van der Waals surface area (Å²) in [5.74, 6) is 0.765. The normalized spacial score (nSPS) is 11.1. The van der Waals surface area contributed by atoms with Gasteiger partial charge in [-0.25, -0.2) is 4.98 Å². The van der Waals surface area contributed by atoms with Crippen molar-refractivity contribution in [2.45, 2.75) is 19.9 Å². The van der Waals surface area contributed by atoms with Gasteiger partial charge in [-0.1, -0.05) is 12.1 Å². The molecule has 0 aliphatic carbocycles. The van der Waals surface area contributed by atoms with Gasteiger partial charge in [0.05, 0.1) is 6.54 Å². The van der Waals surface area contributed by atoms with E-state index in [2.05, 4.69) is 20.6 Å². The van der Waals surface area contributed by atoms with Gasteiger partial charge < -0.3 is 9.73 Å². The average Bonchev–Trinajstić information content (AvgIpc) is 3.01. The fourth-order valence-corrected chi connectivity index (χ4v) is 1.91. The number of aryl methyl sites for hydroxylation is 2. The maximum absolute atomic E-state index is 5.57. The summed E-state index contributed by atoms with van der Waals surface area (Å²) in [6, 6.07) is 5.89. The van der Waals surface area contributed by atoms with Crippen molar-refractivity contribution in [1.29, 1.82) is 0 Å². The van der Waals surface area contributed by atoms with Crippen LogP contribution in [0.1, 0.15) is 18.5 Å². The molecule has 0 atom stereocenters. The van der Waals surface area contributed by atoms with Crippen molar-refractivity contribution >= 4 is 16.8 Å². The number of rotatable bonds is 4. The van der Waals surface area contributed by atoms with Gasteiger partial charge in [0.25, 0.3) is 0 Å². The van der Waals surface area contributed by atoms with Crippen molar-refractivity contribution in [2.24, 2.45) is 7.05 Å². The first-order valence-electron chi connectivity index (χ1n) is 6.23. The van der Waals surface area contributed by atoms with Crippen LogP contribution in [0.2, 0.25) is 0 Å². The lowest BCUT2D eigenvalue weighted by molar-refractivity contribution is 0.538. The molecule has 2 heterocycles. The largest absolute Gasteiger partial charge is 0.441 e. The maximum atomic E-state index is 5.57. The summed E-state index contributed by atoms with van der Waals surface area (Å²) in [7, 11) is 1.85. The van der Waals surface area contributed by atoms with Crippen LogP contribution in [-0.2, 0) is 20.0 Å². The molecule has 0 aliphatic heterocycles. The first-order chi connectivity index (χ1) is 9.24. The summed E-state index contributed by atoms with van der Waals surface area (Å²) in [5, 5.41) is 11.2. The highest BCUT2D eigenvalue weighted by Crippen LogP contribution is 2.20. The molecule has 0 bridgehead atoms. The SMILES string of the molecule is CCc1nc2cc(NCc3cn(C)nn3)ccc2o1. The van der Waals surface area contributed by atoms with Gasteiger partial charge in [0, 0.05) is 25.4 Å². The van der Waals surface area contributed by atoms with Gasteiger partial charge >= 0.3 is 0 Å². The summed E-state index contributed by atoms with van der Waals surface area (Å²) in [4.78, 5) is 4.41. The zero-order valence-electron chi connectivity index (χ0n) is 10.9. The van der Waals surface area contributed by atoms with Gasteiger partial charge in [-0.2, -0.15) is 0 Å². The molecule has 0 aliphatic rings. The standard InChI is InChI=1S/C13H15N5O/c1-3-13-15-11-6-9(4-5-12(11)19-13)14-7-10-8-18(2)17-16-10/h4-6,8,14H,3,7H2,1-2H3. The van der Waals surface area contributed by atoms with Crippen molar-refractivity contribution < 1.29 is 4.42 Å². The molecule has 19 heavy (non-hydrogen) atoms. The van der Waals surface area contributed by atoms with Crippen LogP contribution < -0.4 is 5.32 Å². The Morgan fingerprint density at radius 3 is 3.00 bits per heavy atom. The first-order valence-corrected chi connectivity index (χ1v) is 6.23. The van der Waals surface area contributed by atoms with E-state index >= 15 is 0 Å². The van der Waals surface area contributed by atoms with Crippen molar-refractivity contribution in [1.82, 2.24) is 20.0 Å². The number of nitrogens with one attached hydrogen (secondary N) is 1. The Labute approximate surface area is 110 Å². The third-order valence-corrected chi connectivity index (χ3v) is 2.86. The van der Waals surface area contributed by atoms with Crippen molar-refractivity contribution in [3.05, 3.63) is 36.0 Å². The quantitative estimate of drug-likeness (QED) is 0.775. The molecule has 0 amide bonds. The van der Waals surface area contributed by atoms with E-state index in [0.29, 0.717) is 6.54 Å². The van der Waals surface area contributed by atoms with E-state index < -0.39 is 0 Å². The van der Waals surface area contributed by atoms with Crippen LogP contribution in [-0.4, -0.2) is 20.0 Å². The number of hydrogen-bond donors (Lipinski definition) is 1. The van der Waals surface area contributed by atoms with Crippen LogP contribution in [0.4, 0.5) is 5.69 Å². The van der Waals surface area contributed by atoms with E-state index in [1.165, 1.54) is 0 Å². The highest BCUT2D eigenvalue weighted by molar-refractivity contribution is 5.77. The number of hydrogen-bond acceptors (Lipinski definition) is 5. The van der Waals surface area contributed by atoms with Gasteiger partial charge in [-0.3, -0.25) is 4.68 Å². The Morgan fingerprint density at radius 2 is 2.26 bits per heavy atom. The Kier molecular flexibility index (Phi) is 2.91. The summed E-state index contributed by atoms with van der Waals surface area (Å²) < 4.78 is 7.26. The number of benzene rings is 1. The molecule has 0 saturated heterocycles. The molecule has 6 heteroatoms. The molecule has 6 nitrogen and oxygen atoms in total. The molecule has 1 aromatic carbocycles. The van der Waals surface area contributed by atoms with Gasteiger partial charge in [0.15, 0.2) is 11.5 Å². The van der Waals surface area contributed by atoms with Crippen LogP contribution in [0.15, 0.2) is 28.8 Å². The molecule has 2 aromatic heterocycles. The number of oxazole rings is 1. The van der Waals surface area contributed by atoms with Gasteiger partial charge in [-0.15, -0.1) is 5.10 Å². The molecule has 0 spiro atoms. The zero-order valence-corrected chi connectivity index (χ0v) is 10.9. The molecule has 3 rings (SSSR count). The second kappa shape index (κ2) is 4.72. The van der Waals surface area contributed by atoms with Crippen molar-refractivity contribution in [3.8, 4) is 0 Å². The Morgan fingerprint density at radius 1 is 1.37 bits per heavy atom. The number of anilines is 1. The molecular formula is C13H15N5O. The van der Waals surface area contributed by atoms with Gasteiger partial charge in [0.1, 0.15) is 11.2 Å². The smallest absolute Gasteiger partial charge is 0.195 e. The minimum Gasteiger partial charge on any atom is -0.441 e. The highest BCUT2D eigenvalue weighted by atomic mass is 16.3. The third-order valence-electron chi connectivity index (χ3n) is 2.86. The van der Waals surface area contributed by atoms with Crippen LogP contribution in [0.25, 0.3) is 11.1 Å². The predicted octanol–water partition coefficient (Wildman–Crippen LogP) is 2.13. The number of nitrogens with zero attached hydrogens (tertiary/aromatic N) is 4. The minimum atomic E-state index is 0.637. The van der Waals surface area contributed by atoms with Crippen molar-refractivity contribution in [3.63, 3.8) is 0 Å². The lowest BCUT2D eigenvalue weighted by Crippen LogP contribution is -1.99. The van der Waals surface area contributed by atoms with E-state index in [1.54, 1.807) is 4.68 Å². The lowest BCUT2D eigenvalue weighted by atomic mass is 10.3. The molecule has 1 N–H and O–H groups in total. The predicted molar refractivity (Wildman–Crippen MR) is 71.7 cm³/mol. The molecule has 0 unspecified atom stereocenters. The van der Waals surface area contributed by atoms with E-state index in [-0.39, 0.29) is 0 Å². The van der Waals surface area contributed by atoms with Crippen LogP contribution in [0, 0.1) is 0 Å². The summed E-state index contributed by atoms with van der Waals surface area (Å²) in [6.45, 7) is 2.66. The fourth-order valence-electron chi connectivity index (χ4n) is 1.91. The Balaban J connectivity index is 1.77. The van der Waals surface area contributed by atoms with E-state index in [4.69, 9.17) is 4.42 Å². The number of fused-ring (bicyclic) bond motifs is 1. The van der Waals surface area contributed by atoms with E-state index in [1.807, 2.05) is 38.4 Å². The van der Waals surface area contributed by atoms with Crippen molar-refractivity contribution in [2.75, 3.05) is 5.32 Å². The highest BCUT2D eigenvalue weighted by Gasteiger charge is 2.05. The molecule has 3 aromatic rings. The summed E-state index contributed by atoms with van der Waals surface area (Å²) in [5.41, 5.74) is 3.59. The lowest BCUT2D eigenvalue weighted by Gasteiger charge is -2.02. The van der Waals surface area contributed by atoms with Crippen LogP contribution in [0.5, 0.6) is 0 Å². The number of aromatic nitrogens is 4. The van der Waals surface area contributed by atoms with Gasteiger partial charge in [-0.05, 0) is 18.2 Å². The summed E-state index contributed by atoms with van der Waals surface area (Å²) in [6.07, 6.45) is 2.69. The fraction of sp³-hybridized carbons (Fsp3) is 0.308. The second-order valence-corrected chi connectivity index (χ2v) is 4.38.